The molecule has 0 spiro atoms. The highest BCUT2D eigenvalue weighted by atomic mass is 35.5. The zero-order valence-electron chi connectivity index (χ0n) is 15.0. The van der Waals surface area contributed by atoms with Gasteiger partial charge in [-0.1, -0.05) is 43.6 Å². The highest BCUT2D eigenvalue weighted by Gasteiger charge is 2.32. The molecule has 1 amide bonds. The predicted molar refractivity (Wildman–Crippen MR) is 98.7 cm³/mol. The normalized spacial score (nSPS) is 11.6. The van der Waals surface area contributed by atoms with Crippen LogP contribution in [0.15, 0.2) is 35.2 Å². The molecule has 2 rings (SSSR count). The molecule has 146 valence electrons. The summed E-state index contributed by atoms with van der Waals surface area (Å²) in [6, 6.07) is 7.22. The van der Waals surface area contributed by atoms with Gasteiger partial charge < -0.3 is 4.90 Å². The first-order valence-electron chi connectivity index (χ1n) is 7.99. The number of hydrogen-bond donors (Lipinski definition) is 0. The van der Waals surface area contributed by atoms with Crippen LogP contribution in [0.3, 0.4) is 0 Å². The van der Waals surface area contributed by atoms with E-state index in [0.29, 0.717) is 16.8 Å². The van der Waals surface area contributed by atoms with E-state index in [1.807, 2.05) is 0 Å². The second-order valence-corrected chi connectivity index (χ2v) is 8.12. The predicted octanol–water partition coefficient (Wildman–Crippen LogP) is 5.67. The maximum Gasteiger partial charge on any atom is 0.229 e. The van der Waals surface area contributed by atoms with Crippen molar-refractivity contribution >= 4 is 29.3 Å². The van der Waals surface area contributed by atoms with Crippen LogP contribution in [0, 0.1) is 28.7 Å². The molecule has 2 aromatic rings. The summed E-state index contributed by atoms with van der Waals surface area (Å²) in [6.45, 7) is 3.44. The third-order valence-corrected chi connectivity index (χ3v) is 5.82. The first-order chi connectivity index (χ1) is 12.5. The van der Waals surface area contributed by atoms with E-state index in [1.165, 1.54) is 4.90 Å². The summed E-state index contributed by atoms with van der Waals surface area (Å²) in [4.78, 5) is 13.4. The maximum atomic E-state index is 13.8. The number of amides is 1. The van der Waals surface area contributed by atoms with E-state index in [0.717, 1.165) is 5.56 Å². The average Bonchev–Trinajstić information content (AvgIpc) is 2.61. The molecule has 2 nitrogen and oxygen atoms in total. The fourth-order valence-corrected chi connectivity index (χ4v) is 3.74. The van der Waals surface area contributed by atoms with Crippen molar-refractivity contribution in [1.29, 1.82) is 0 Å². The van der Waals surface area contributed by atoms with Crippen molar-refractivity contribution in [3.63, 3.8) is 0 Å². The van der Waals surface area contributed by atoms with Crippen molar-refractivity contribution in [2.45, 2.75) is 25.3 Å². The van der Waals surface area contributed by atoms with Crippen LogP contribution in [0.25, 0.3) is 0 Å². The molecule has 8 heteroatoms. The molecular formula is C19H18ClF4NOS. The van der Waals surface area contributed by atoms with Gasteiger partial charge in [-0.05, 0) is 11.6 Å². The van der Waals surface area contributed by atoms with Crippen LogP contribution in [0.1, 0.15) is 19.4 Å². The van der Waals surface area contributed by atoms with Crippen molar-refractivity contribution in [2.24, 2.45) is 5.41 Å². The molecule has 0 N–H and O–H groups in total. The number of hydrogen-bond acceptors (Lipinski definition) is 2. The molecule has 0 saturated heterocycles. The number of carbonyl (C=O) groups excluding carboxylic acids is 1. The summed E-state index contributed by atoms with van der Waals surface area (Å²) in [5.74, 6) is -6.26. The van der Waals surface area contributed by atoms with Gasteiger partial charge in [0, 0.05) is 30.4 Å². The Morgan fingerprint density at radius 3 is 2.22 bits per heavy atom. The monoisotopic (exact) mass is 419 g/mol. The van der Waals surface area contributed by atoms with Gasteiger partial charge in [0.1, 0.15) is 0 Å². The van der Waals surface area contributed by atoms with Crippen molar-refractivity contribution < 1.29 is 22.4 Å². The molecule has 0 heterocycles. The molecule has 0 radical (unpaired) electrons. The molecule has 0 aliphatic rings. The summed E-state index contributed by atoms with van der Waals surface area (Å²) in [7, 11) is 1.58. The van der Waals surface area contributed by atoms with E-state index in [9.17, 15) is 22.4 Å². The highest BCUT2D eigenvalue weighted by Crippen LogP contribution is 2.34. The molecule has 2 aromatic carbocycles. The van der Waals surface area contributed by atoms with E-state index >= 15 is 0 Å². The zero-order chi connectivity index (χ0) is 20.4. The van der Waals surface area contributed by atoms with E-state index < -0.39 is 33.6 Å². The lowest BCUT2D eigenvalue weighted by molar-refractivity contribution is -0.138. The fourth-order valence-electron chi connectivity index (χ4n) is 2.46. The molecule has 27 heavy (non-hydrogen) atoms. The van der Waals surface area contributed by atoms with Gasteiger partial charge in [-0.25, -0.2) is 17.6 Å². The third-order valence-electron chi connectivity index (χ3n) is 3.94. The quantitative estimate of drug-likeness (QED) is 0.341. The van der Waals surface area contributed by atoms with Crippen LogP contribution < -0.4 is 0 Å². The van der Waals surface area contributed by atoms with Crippen LogP contribution in [0.4, 0.5) is 17.6 Å². The van der Waals surface area contributed by atoms with Gasteiger partial charge in [0.2, 0.25) is 5.91 Å². The Balaban J connectivity index is 2.12. The second kappa shape index (κ2) is 8.52. The molecule has 0 saturated carbocycles. The van der Waals surface area contributed by atoms with E-state index in [2.05, 4.69) is 0 Å². The highest BCUT2D eigenvalue weighted by molar-refractivity contribution is 7.99. The van der Waals surface area contributed by atoms with Crippen LogP contribution in [0.2, 0.25) is 5.02 Å². The first-order valence-corrected chi connectivity index (χ1v) is 9.35. The molecule has 0 aliphatic carbocycles. The average molecular weight is 420 g/mol. The van der Waals surface area contributed by atoms with Gasteiger partial charge in [-0.2, -0.15) is 0 Å². The molecule has 0 aromatic heterocycles. The lowest BCUT2D eigenvalue weighted by Crippen LogP contribution is -2.39. The number of nitrogens with zero attached hydrogens (tertiary/aromatic N) is 1. The minimum atomic E-state index is -1.48. The standard InChI is InChI=1S/C19H18ClF4NOS/c1-19(2,10-27-17-15(23)13(21)8-14(22)16(17)24)18(26)25(3)9-11-6-4-5-7-12(11)20/h4-8H,9-10H2,1-3H3. The lowest BCUT2D eigenvalue weighted by Gasteiger charge is -2.29. The van der Waals surface area contributed by atoms with Gasteiger partial charge in [-0.3, -0.25) is 4.79 Å². The molecule has 0 unspecified atom stereocenters. The minimum absolute atomic E-state index is 0.0740. The largest absolute Gasteiger partial charge is 0.341 e. The molecule has 0 fully saturated rings. The van der Waals surface area contributed by atoms with Crippen LogP contribution >= 0.6 is 23.4 Å². The Hall–Kier alpha value is -1.73. The Labute approximate surface area is 164 Å². The van der Waals surface area contributed by atoms with Gasteiger partial charge in [0.15, 0.2) is 23.3 Å². The lowest BCUT2D eigenvalue weighted by atomic mass is 9.94. The summed E-state index contributed by atoms with van der Waals surface area (Å²) in [6.07, 6.45) is 0. The second-order valence-electron chi connectivity index (χ2n) is 6.72. The molecular weight excluding hydrogens is 402 g/mol. The molecule has 0 bridgehead atoms. The Morgan fingerprint density at radius 2 is 1.67 bits per heavy atom. The van der Waals surface area contributed by atoms with E-state index in [-0.39, 0.29) is 24.3 Å². The number of rotatable bonds is 6. The Kier molecular flexibility index (Phi) is 6.81. The maximum absolute atomic E-state index is 13.8. The van der Waals surface area contributed by atoms with Crippen molar-refractivity contribution in [3.8, 4) is 0 Å². The van der Waals surface area contributed by atoms with Crippen LogP contribution in [0.5, 0.6) is 0 Å². The SMILES string of the molecule is CN(Cc1ccccc1Cl)C(=O)C(C)(C)CSc1c(F)c(F)cc(F)c1F. The van der Waals surface area contributed by atoms with E-state index in [1.54, 1.807) is 45.2 Å². The first kappa shape index (κ1) is 21.6. The smallest absolute Gasteiger partial charge is 0.229 e. The Morgan fingerprint density at radius 1 is 1.11 bits per heavy atom. The van der Waals surface area contributed by atoms with Gasteiger partial charge in [-0.15, -0.1) is 11.8 Å². The summed E-state index contributed by atoms with van der Waals surface area (Å²) in [5, 5.41) is 0.517. The Bertz CT molecular complexity index is 834. The zero-order valence-corrected chi connectivity index (χ0v) is 16.5. The van der Waals surface area contributed by atoms with Gasteiger partial charge in [0.25, 0.3) is 0 Å². The third kappa shape index (κ3) is 4.96. The minimum Gasteiger partial charge on any atom is -0.341 e. The van der Waals surface area contributed by atoms with Crippen LogP contribution in [-0.4, -0.2) is 23.6 Å². The fraction of sp³-hybridized carbons (Fsp3) is 0.316. The number of halogens is 5. The van der Waals surface area contributed by atoms with Gasteiger partial charge in [0.05, 0.1) is 10.3 Å². The van der Waals surface area contributed by atoms with Crippen LogP contribution in [-0.2, 0) is 11.3 Å². The topological polar surface area (TPSA) is 20.3 Å². The van der Waals surface area contributed by atoms with Crippen molar-refractivity contribution in [3.05, 3.63) is 64.2 Å². The number of thioether (sulfide) groups is 1. The summed E-state index contributed by atoms with van der Waals surface area (Å²) in [5.41, 5.74) is -0.287. The van der Waals surface area contributed by atoms with Gasteiger partial charge >= 0.3 is 0 Å². The van der Waals surface area contributed by atoms with Crippen molar-refractivity contribution in [1.82, 2.24) is 4.90 Å². The molecule has 0 atom stereocenters. The van der Waals surface area contributed by atoms with E-state index in [4.69, 9.17) is 11.6 Å². The number of benzene rings is 2. The molecule has 0 aliphatic heterocycles. The summed E-state index contributed by atoms with van der Waals surface area (Å²) < 4.78 is 54.2. The number of carbonyl (C=O) groups is 1. The summed E-state index contributed by atoms with van der Waals surface area (Å²) >= 11 is 6.66. The van der Waals surface area contributed by atoms with Crippen molar-refractivity contribution in [2.75, 3.05) is 12.8 Å².